The van der Waals surface area contributed by atoms with Crippen LogP contribution in [0.3, 0.4) is 0 Å². The molecule has 0 bridgehead atoms. The van der Waals surface area contributed by atoms with Crippen LogP contribution >= 0.6 is 0 Å². The van der Waals surface area contributed by atoms with Gasteiger partial charge in [-0.15, -0.1) is 0 Å². The van der Waals surface area contributed by atoms with E-state index in [1.807, 2.05) is 13.1 Å². The van der Waals surface area contributed by atoms with Crippen molar-refractivity contribution < 1.29 is 4.74 Å². The van der Waals surface area contributed by atoms with Gasteiger partial charge in [0.1, 0.15) is 18.2 Å². The maximum atomic E-state index is 5.13. The van der Waals surface area contributed by atoms with Crippen LogP contribution in [0.25, 0.3) is 0 Å². The molecule has 0 saturated carbocycles. The second-order valence-corrected chi connectivity index (χ2v) is 5.86. The van der Waals surface area contributed by atoms with Crippen LogP contribution in [0.5, 0.6) is 0 Å². The zero-order valence-electron chi connectivity index (χ0n) is 12.4. The predicted molar refractivity (Wildman–Crippen MR) is 77.5 cm³/mol. The van der Waals surface area contributed by atoms with Gasteiger partial charge in [0.2, 0.25) is 0 Å². The highest BCUT2D eigenvalue weighted by atomic mass is 16.5. The van der Waals surface area contributed by atoms with Crippen LogP contribution in [-0.4, -0.2) is 37.2 Å². The lowest BCUT2D eigenvalue weighted by Gasteiger charge is -2.37. The third-order valence-electron chi connectivity index (χ3n) is 3.73. The highest BCUT2D eigenvalue weighted by Gasteiger charge is 2.26. The van der Waals surface area contributed by atoms with E-state index in [9.17, 15) is 0 Å². The molecule has 0 radical (unpaired) electrons. The van der Waals surface area contributed by atoms with Gasteiger partial charge in [0.05, 0.1) is 0 Å². The summed E-state index contributed by atoms with van der Waals surface area (Å²) in [6.45, 7) is 7.22. The van der Waals surface area contributed by atoms with Gasteiger partial charge < -0.3 is 15.0 Å². The number of methoxy groups -OCH3 is 1. The van der Waals surface area contributed by atoms with E-state index in [4.69, 9.17) is 4.74 Å². The Morgan fingerprint density at radius 1 is 1.32 bits per heavy atom. The minimum absolute atomic E-state index is 0.446. The number of nitrogens with zero attached hydrogens (tertiary/aromatic N) is 3. The van der Waals surface area contributed by atoms with Gasteiger partial charge in [-0.1, -0.05) is 13.8 Å². The molecule has 5 nitrogen and oxygen atoms in total. The maximum Gasteiger partial charge on any atom is 0.158 e. The van der Waals surface area contributed by atoms with Crippen molar-refractivity contribution in [2.24, 2.45) is 5.41 Å². The third kappa shape index (κ3) is 3.56. The summed E-state index contributed by atoms with van der Waals surface area (Å²) in [4.78, 5) is 11.3. The summed E-state index contributed by atoms with van der Waals surface area (Å²) < 4.78 is 5.13. The van der Waals surface area contributed by atoms with Gasteiger partial charge in [-0.05, 0) is 18.3 Å². The number of hydrogen-bond acceptors (Lipinski definition) is 5. The topological polar surface area (TPSA) is 50.3 Å². The molecule has 19 heavy (non-hydrogen) atoms. The van der Waals surface area contributed by atoms with Crippen molar-refractivity contribution in [3.63, 3.8) is 0 Å². The number of aromatic nitrogens is 2. The second-order valence-electron chi connectivity index (χ2n) is 5.86. The van der Waals surface area contributed by atoms with Crippen molar-refractivity contribution >= 4 is 11.6 Å². The summed E-state index contributed by atoms with van der Waals surface area (Å²) in [5.74, 6) is 2.58. The van der Waals surface area contributed by atoms with Crippen molar-refractivity contribution in [2.75, 3.05) is 37.5 Å². The Balaban J connectivity index is 2.17. The van der Waals surface area contributed by atoms with Crippen LogP contribution in [0.2, 0.25) is 0 Å². The molecular formula is C14H24N4O. The Hall–Kier alpha value is -1.36. The molecule has 1 aliphatic rings. The van der Waals surface area contributed by atoms with E-state index in [0.29, 0.717) is 12.0 Å². The Kier molecular flexibility index (Phi) is 4.24. The molecule has 1 fully saturated rings. The molecule has 5 heteroatoms. The van der Waals surface area contributed by atoms with E-state index < -0.39 is 0 Å². The van der Waals surface area contributed by atoms with Crippen LogP contribution in [0, 0.1) is 5.41 Å². The molecule has 1 aromatic heterocycles. The minimum atomic E-state index is 0.446. The highest BCUT2D eigenvalue weighted by molar-refractivity contribution is 5.49. The largest absolute Gasteiger partial charge is 0.377 e. The van der Waals surface area contributed by atoms with E-state index in [2.05, 4.69) is 34.0 Å². The van der Waals surface area contributed by atoms with Gasteiger partial charge in [0.25, 0.3) is 0 Å². The first-order chi connectivity index (χ1) is 9.04. The van der Waals surface area contributed by atoms with Gasteiger partial charge >= 0.3 is 0 Å². The molecule has 0 aliphatic carbocycles. The fourth-order valence-electron chi connectivity index (χ4n) is 2.31. The summed E-state index contributed by atoms with van der Waals surface area (Å²) in [5, 5.41) is 3.09. The average molecular weight is 264 g/mol. The SMILES string of the molecule is CNc1cc(N2CCC(C)(C)CC2)nc(COC)n1. The fraction of sp³-hybridized carbons (Fsp3) is 0.714. The van der Waals surface area contributed by atoms with Gasteiger partial charge in [0, 0.05) is 33.3 Å². The van der Waals surface area contributed by atoms with E-state index in [1.165, 1.54) is 12.8 Å². The molecule has 1 aliphatic heterocycles. The number of anilines is 2. The normalized spacial score (nSPS) is 18.4. The van der Waals surface area contributed by atoms with Gasteiger partial charge in [-0.3, -0.25) is 0 Å². The average Bonchev–Trinajstić information content (AvgIpc) is 2.38. The zero-order chi connectivity index (χ0) is 13.9. The first-order valence-electron chi connectivity index (χ1n) is 6.84. The van der Waals surface area contributed by atoms with E-state index >= 15 is 0 Å². The number of ether oxygens (including phenoxy) is 1. The van der Waals surface area contributed by atoms with Crippen molar-refractivity contribution in [3.05, 3.63) is 11.9 Å². The highest BCUT2D eigenvalue weighted by Crippen LogP contribution is 2.31. The Labute approximate surface area is 115 Å². The summed E-state index contributed by atoms with van der Waals surface area (Å²) in [6.07, 6.45) is 2.40. The Morgan fingerprint density at radius 3 is 2.58 bits per heavy atom. The number of nitrogens with one attached hydrogen (secondary N) is 1. The van der Waals surface area contributed by atoms with Gasteiger partial charge in [-0.2, -0.15) is 0 Å². The summed E-state index contributed by atoms with van der Waals surface area (Å²) in [6, 6.07) is 2.01. The molecule has 1 saturated heterocycles. The quantitative estimate of drug-likeness (QED) is 0.904. The van der Waals surface area contributed by atoms with Crippen LogP contribution < -0.4 is 10.2 Å². The zero-order valence-corrected chi connectivity index (χ0v) is 12.4. The van der Waals surface area contributed by atoms with Crippen LogP contribution in [0.1, 0.15) is 32.5 Å². The monoisotopic (exact) mass is 264 g/mol. The molecule has 106 valence electrons. The van der Waals surface area contributed by atoms with E-state index in [0.717, 1.165) is 30.5 Å². The molecule has 2 heterocycles. The van der Waals surface area contributed by atoms with Crippen molar-refractivity contribution in [1.82, 2.24) is 9.97 Å². The van der Waals surface area contributed by atoms with E-state index in [-0.39, 0.29) is 0 Å². The molecular weight excluding hydrogens is 240 g/mol. The molecule has 1 aromatic rings. The lowest BCUT2D eigenvalue weighted by Crippen LogP contribution is -2.38. The Bertz CT molecular complexity index is 423. The molecule has 0 spiro atoms. The standard InChI is InChI=1S/C14H24N4O/c1-14(2)5-7-18(8-6-14)13-9-11(15-3)16-12(17-13)10-19-4/h9H,5-8,10H2,1-4H3,(H,15,16,17). The van der Waals surface area contributed by atoms with E-state index in [1.54, 1.807) is 7.11 Å². The summed E-state index contributed by atoms with van der Waals surface area (Å²) >= 11 is 0. The molecule has 0 aromatic carbocycles. The minimum Gasteiger partial charge on any atom is -0.377 e. The lowest BCUT2D eigenvalue weighted by molar-refractivity contribution is 0.178. The molecule has 0 amide bonds. The smallest absolute Gasteiger partial charge is 0.158 e. The maximum absolute atomic E-state index is 5.13. The molecule has 0 unspecified atom stereocenters. The van der Waals surface area contributed by atoms with Crippen molar-refractivity contribution in [2.45, 2.75) is 33.3 Å². The van der Waals surface area contributed by atoms with Crippen molar-refractivity contribution in [1.29, 1.82) is 0 Å². The number of rotatable bonds is 4. The second kappa shape index (κ2) is 5.74. The fourth-order valence-corrected chi connectivity index (χ4v) is 2.31. The van der Waals surface area contributed by atoms with Gasteiger partial charge in [0.15, 0.2) is 5.82 Å². The van der Waals surface area contributed by atoms with Crippen LogP contribution in [0.15, 0.2) is 6.07 Å². The van der Waals surface area contributed by atoms with Crippen LogP contribution in [0.4, 0.5) is 11.6 Å². The van der Waals surface area contributed by atoms with Crippen LogP contribution in [-0.2, 0) is 11.3 Å². The predicted octanol–water partition coefficient (Wildman–Crippen LogP) is 2.29. The lowest BCUT2D eigenvalue weighted by atomic mass is 9.83. The first-order valence-corrected chi connectivity index (χ1v) is 6.84. The molecule has 0 atom stereocenters. The molecule has 1 N–H and O–H groups in total. The number of hydrogen-bond donors (Lipinski definition) is 1. The summed E-state index contributed by atoms with van der Waals surface area (Å²) in [5.41, 5.74) is 0.449. The molecule has 2 rings (SSSR count). The first kappa shape index (κ1) is 14.1. The summed E-state index contributed by atoms with van der Waals surface area (Å²) in [7, 11) is 3.54. The van der Waals surface area contributed by atoms with Gasteiger partial charge in [-0.25, -0.2) is 9.97 Å². The Morgan fingerprint density at radius 2 is 2.00 bits per heavy atom. The third-order valence-corrected chi connectivity index (χ3v) is 3.73. The number of piperidine rings is 1. The van der Waals surface area contributed by atoms with Crippen molar-refractivity contribution in [3.8, 4) is 0 Å².